The summed E-state index contributed by atoms with van der Waals surface area (Å²) in [6.45, 7) is 7.67. The average molecular weight is 242 g/mol. The van der Waals surface area contributed by atoms with E-state index in [4.69, 9.17) is 0 Å². The maximum absolute atomic E-state index is 4.55. The Bertz CT molecular complexity index is 544. The van der Waals surface area contributed by atoms with Crippen molar-refractivity contribution in [1.29, 1.82) is 0 Å². The fraction of sp³-hybridized carbons (Fsp3) is 0.438. The molecule has 0 bridgehead atoms. The summed E-state index contributed by atoms with van der Waals surface area (Å²) in [6.07, 6.45) is 1.13. The van der Waals surface area contributed by atoms with E-state index in [0.717, 1.165) is 24.2 Å². The first-order chi connectivity index (χ1) is 8.53. The predicted octanol–water partition coefficient (Wildman–Crippen LogP) is 3.43. The monoisotopic (exact) mass is 242 g/mol. The van der Waals surface area contributed by atoms with Crippen LogP contribution in [-0.2, 0) is 5.41 Å². The van der Waals surface area contributed by atoms with Crippen LogP contribution in [-0.4, -0.2) is 18.6 Å². The Morgan fingerprint density at radius 2 is 1.94 bits per heavy atom. The number of nitrogens with zero attached hydrogens (tertiary/aromatic N) is 1. The number of benzene rings is 1. The van der Waals surface area contributed by atoms with Crippen LogP contribution in [0.2, 0.25) is 0 Å². The van der Waals surface area contributed by atoms with Gasteiger partial charge in [0.1, 0.15) is 0 Å². The Kier molecular flexibility index (Phi) is 3.67. The molecule has 0 aliphatic carbocycles. The molecule has 2 heteroatoms. The van der Waals surface area contributed by atoms with Crippen molar-refractivity contribution >= 4 is 10.9 Å². The van der Waals surface area contributed by atoms with E-state index < -0.39 is 0 Å². The second-order valence-electron chi connectivity index (χ2n) is 5.60. The van der Waals surface area contributed by atoms with Gasteiger partial charge in [0.15, 0.2) is 0 Å². The number of aryl methyl sites for hydroxylation is 1. The first kappa shape index (κ1) is 13.0. The predicted molar refractivity (Wildman–Crippen MR) is 78.0 cm³/mol. The fourth-order valence-electron chi connectivity index (χ4n) is 2.23. The van der Waals surface area contributed by atoms with Gasteiger partial charge in [0.25, 0.3) is 0 Å². The van der Waals surface area contributed by atoms with Crippen LogP contribution in [0.4, 0.5) is 0 Å². The molecule has 1 heterocycles. The van der Waals surface area contributed by atoms with Gasteiger partial charge in [0.05, 0.1) is 5.52 Å². The lowest BCUT2D eigenvalue weighted by Crippen LogP contribution is -2.23. The zero-order valence-corrected chi connectivity index (χ0v) is 11.7. The lowest BCUT2D eigenvalue weighted by Gasteiger charge is -2.25. The van der Waals surface area contributed by atoms with E-state index in [2.05, 4.69) is 54.5 Å². The zero-order chi connectivity index (χ0) is 13.2. The Morgan fingerprint density at radius 1 is 1.17 bits per heavy atom. The largest absolute Gasteiger partial charge is 0.320 e. The van der Waals surface area contributed by atoms with Gasteiger partial charge in [-0.1, -0.05) is 26.0 Å². The molecule has 1 N–H and O–H groups in total. The summed E-state index contributed by atoms with van der Waals surface area (Å²) >= 11 is 0. The Balaban J connectivity index is 2.37. The molecule has 0 saturated heterocycles. The van der Waals surface area contributed by atoms with E-state index >= 15 is 0 Å². The molecule has 0 radical (unpaired) electrons. The van der Waals surface area contributed by atoms with Crippen LogP contribution in [0.25, 0.3) is 10.9 Å². The van der Waals surface area contributed by atoms with E-state index in [1.54, 1.807) is 0 Å². The van der Waals surface area contributed by atoms with Crippen LogP contribution in [0.1, 0.15) is 31.5 Å². The molecule has 2 rings (SSSR count). The van der Waals surface area contributed by atoms with Gasteiger partial charge in [-0.15, -0.1) is 0 Å². The van der Waals surface area contributed by atoms with Crippen molar-refractivity contribution in [3.8, 4) is 0 Å². The third kappa shape index (κ3) is 2.70. The molecule has 0 spiro atoms. The van der Waals surface area contributed by atoms with Gasteiger partial charge in [-0.3, -0.25) is 4.98 Å². The molecule has 18 heavy (non-hydrogen) atoms. The van der Waals surface area contributed by atoms with E-state index in [-0.39, 0.29) is 5.41 Å². The highest BCUT2D eigenvalue weighted by Crippen LogP contribution is 2.28. The highest BCUT2D eigenvalue weighted by Gasteiger charge is 2.20. The molecule has 0 atom stereocenters. The van der Waals surface area contributed by atoms with Crippen molar-refractivity contribution in [1.82, 2.24) is 10.3 Å². The Hall–Kier alpha value is -1.41. The van der Waals surface area contributed by atoms with Crippen LogP contribution in [0.15, 0.2) is 30.3 Å². The van der Waals surface area contributed by atoms with Crippen LogP contribution in [0, 0.1) is 6.92 Å². The molecule has 0 saturated carbocycles. The second-order valence-corrected chi connectivity index (χ2v) is 5.60. The van der Waals surface area contributed by atoms with Crippen molar-refractivity contribution in [2.45, 2.75) is 32.6 Å². The smallest absolute Gasteiger partial charge is 0.0705 e. The molecule has 0 amide bonds. The number of pyridine rings is 1. The molecular weight excluding hydrogens is 220 g/mol. The molecule has 1 aromatic carbocycles. The molecule has 0 aliphatic rings. The van der Waals surface area contributed by atoms with Crippen molar-refractivity contribution in [3.63, 3.8) is 0 Å². The van der Waals surface area contributed by atoms with Gasteiger partial charge in [0.2, 0.25) is 0 Å². The lowest BCUT2D eigenvalue weighted by molar-refractivity contribution is 0.469. The fourth-order valence-corrected chi connectivity index (χ4v) is 2.23. The van der Waals surface area contributed by atoms with Crippen LogP contribution < -0.4 is 5.32 Å². The Labute approximate surface area is 109 Å². The van der Waals surface area contributed by atoms with Crippen LogP contribution >= 0.6 is 0 Å². The summed E-state index contributed by atoms with van der Waals surface area (Å²) in [5.41, 5.74) is 3.74. The number of hydrogen-bond acceptors (Lipinski definition) is 2. The molecule has 96 valence electrons. The van der Waals surface area contributed by atoms with Gasteiger partial charge < -0.3 is 5.32 Å². The third-order valence-corrected chi connectivity index (χ3v) is 3.61. The minimum absolute atomic E-state index is 0.197. The second kappa shape index (κ2) is 5.07. The van der Waals surface area contributed by atoms with Crippen molar-refractivity contribution in [2.24, 2.45) is 0 Å². The number of nitrogens with one attached hydrogen (secondary N) is 1. The number of aromatic nitrogens is 1. The summed E-state index contributed by atoms with van der Waals surface area (Å²) in [7, 11) is 2.00. The minimum Gasteiger partial charge on any atom is -0.320 e. The van der Waals surface area contributed by atoms with Crippen molar-refractivity contribution in [2.75, 3.05) is 13.6 Å². The first-order valence-corrected chi connectivity index (χ1v) is 6.55. The summed E-state index contributed by atoms with van der Waals surface area (Å²) in [5, 5.41) is 4.46. The number of hydrogen-bond donors (Lipinski definition) is 1. The van der Waals surface area contributed by atoms with Crippen LogP contribution in [0.5, 0.6) is 0 Å². The van der Waals surface area contributed by atoms with Gasteiger partial charge in [-0.05, 0) is 56.1 Å². The van der Waals surface area contributed by atoms with E-state index in [9.17, 15) is 0 Å². The lowest BCUT2D eigenvalue weighted by atomic mass is 9.81. The minimum atomic E-state index is 0.197. The summed E-state index contributed by atoms with van der Waals surface area (Å²) in [4.78, 5) is 4.55. The SMILES string of the molecule is CNCCC(C)(C)c1ccc2nc(C)ccc2c1. The highest BCUT2D eigenvalue weighted by atomic mass is 14.8. The van der Waals surface area contributed by atoms with Crippen molar-refractivity contribution < 1.29 is 0 Å². The van der Waals surface area contributed by atoms with E-state index in [1.807, 2.05) is 14.0 Å². The molecule has 0 aliphatic heterocycles. The van der Waals surface area contributed by atoms with Crippen LogP contribution in [0.3, 0.4) is 0 Å². The normalized spacial score (nSPS) is 12.0. The van der Waals surface area contributed by atoms with E-state index in [1.165, 1.54) is 10.9 Å². The molecule has 0 unspecified atom stereocenters. The first-order valence-electron chi connectivity index (χ1n) is 6.55. The van der Waals surface area contributed by atoms with E-state index in [0.29, 0.717) is 0 Å². The summed E-state index contributed by atoms with van der Waals surface area (Å²) in [6, 6.07) is 10.9. The maximum Gasteiger partial charge on any atom is 0.0705 e. The quantitative estimate of drug-likeness (QED) is 0.888. The molecule has 0 fully saturated rings. The number of fused-ring (bicyclic) bond motifs is 1. The highest BCUT2D eigenvalue weighted by molar-refractivity contribution is 5.79. The zero-order valence-electron chi connectivity index (χ0n) is 11.7. The summed E-state index contributed by atoms with van der Waals surface area (Å²) < 4.78 is 0. The average Bonchev–Trinajstić information content (AvgIpc) is 2.35. The number of rotatable bonds is 4. The standard InChI is InChI=1S/C16H22N2/c1-12-5-6-13-11-14(7-8-15(13)18-12)16(2,3)9-10-17-4/h5-8,11,17H,9-10H2,1-4H3. The molecular formula is C16H22N2. The van der Waals surface area contributed by atoms with Crippen molar-refractivity contribution in [3.05, 3.63) is 41.6 Å². The third-order valence-electron chi connectivity index (χ3n) is 3.61. The van der Waals surface area contributed by atoms with Gasteiger partial charge in [-0.25, -0.2) is 0 Å². The molecule has 2 aromatic rings. The summed E-state index contributed by atoms with van der Waals surface area (Å²) in [5.74, 6) is 0. The molecule has 2 nitrogen and oxygen atoms in total. The maximum atomic E-state index is 4.55. The molecule has 1 aromatic heterocycles. The van der Waals surface area contributed by atoms with Gasteiger partial charge in [-0.2, -0.15) is 0 Å². The Morgan fingerprint density at radius 3 is 2.67 bits per heavy atom. The van der Waals surface area contributed by atoms with Gasteiger partial charge >= 0.3 is 0 Å². The van der Waals surface area contributed by atoms with Gasteiger partial charge in [0, 0.05) is 11.1 Å². The topological polar surface area (TPSA) is 24.9 Å².